The fourth-order valence-corrected chi connectivity index (χ4v) is 9.61. The summed E-state index contributed by atoms with van der Waals surface area (Å²) in [6, 6.07) is 9.00. The van der Waals surface area contributed by atoms with Crippen molar-refractivity contribution in [3.05, 3.63) is 55.8 Å². The van der Waals surface area contributed by atoms with Gasteiger partial charge in [-0.25, -0.2) is 0 Å². The van der Waals surface area contributed by atoms with Gasteiger partial charge in [0.05, 0.1) is 6.54 Å². The fourth-order valence-electron chi connectivity index (χ4n) is 9.61. The van der Waals surface area contributed by atoms with Crippen LogP contribution in [-0.2, 0) is 32.2 Å². The molecule has 0 saturated carbocycles. The van der Waals surface area contributed by atoms with Crippen molar-refractivity contribution in [1.29, 1.82) is 0 Å². The molecule has 0 spiro atoms. The number of anilines is 2. The smallest absolute Gasteiger partial charge is 0.324 e. The lowest BCUT2D eigenvalue weighted by Crippen LogP contribution is -2.39. The fraction of sp³-hybridized carbons (Fsp3) is 0.755. The summed E-state index contributed by atoms with van der Waals surface area (Å²) in [5, 5.41) is 27.4. The monoisotopic (exact) mass is 1010 g/mol. The number of ether oxygens (including phenoxy) is 1. The summed E-state index contributed by atoms with van der Waals surface area (Å²) in [4.78, 5) is 72.1. The predicted molar refractivity (Wildman–Crippen MR) is 290 cm³/mol. The zero-order valence-corrected chi connectivity index (χ0v) is 44.0. The number of carbonyl (C=O) groups is 3. The van der Waals surface area contributed by atoms with Gasteiger partial charge in [0.2, 0.25) is 5.91 Å². The second-order valence-corrected chi connectivity index (χ2v) is 20.0. The topological polar surface area (TPSA) is 207 Å². The summed E-state index contributed by atoms with van der Waals surface area (Å²) in [6.07, 6.45) is 11.5. The SMILES string of the molecule is CN(CC=O)CCN1COC(=O)C1CCCNc1c(NCCCCCNC(=O)CCCCN2CCCN(Cc3ccc(CN4CCCNCCNCCCNCC4)cc3)CCNCCCNCC2)c(=O)c1=O. The lowest BCUT2D eigenvalue weighted by Gasteiger charge is -2.27. The maximum Gasteiger partial charge on any atom is 0.324 e. The lowest BCUT2D eigenvalue weighted by atomic mass is 10.1. The van der Waals surface area contributed by atoms with Crippen LogP contribution in [0.1, 0.15) is 88.2 Å². The van der Waals surface area contributed by atoms with Gasteiger partial charge in [-0.15, -0.1) is 0 Å². The van der Waals surface area contributed by atoms with Crippen LogP contribution in [0, 0.1) is 0 Å². The van der Waals surface area contributed by atoms with E-state index < -0.39 is 10.9 Å². The number of unbranched alkanes of at least 4 members (excludes halogenated alkanes) is 3. The van der Waals surface area contributed by atoms with Gasteiger partial charge in [-0.2, -0.15) is 0 Å². The minimum Gasteiger partial charge on any atom is -0.448 e. The number of esters is 1. The van der Waals surface area contributed by atoms with Crippen molar-refractivity contribution < 1.29 is 19.1 Å². The molecule has 1 amide bonds. The second-order valence-electron chi connectivity index (χ2n) is 20.0. The first kappa shape index (κ1) is 59.0. The summed E-state index contributed by atoms with van der Waals surface area (Å²) in [7, 11) is 1.85. The van der Waals surface area contributed by atoms with Gasteiger partial charge in [0.15, 0.2) is 0 Å². The van der Waals surface area contributed by atoms with E-state index in [0.717, 1.165) is 188 Å². The van der Waals surface area contributed by atoms with E-state index in [2.05, 4.69) is 81.5 Å². The Hall–Kier alpha value is -3.89. The van der Waals surface area contributed by atoms with Crippen LogP contribution in [0.5, 0.6) is 0 Å². The Balaban J connectivity index is 0.924. The van der Waals surface area contributed by atoms with E-state index in [-0.39, 0.29) is 24.6 Å². The zero-order chi connectivity index (χ0) is 50.9. The van der Waals surface area contributed by atoms with Crippen LogP contribution in [-0.4, -0.2) is 213 Å². The van der Waals surface area contributed by atoms with Gasteiger partial charge in [-0.3, -0.25) is 38.8 Å². The van der Waals surface area contributed by atoms with E-state index >= 15 is 0 Å². The Morgan fingerprint density at radius 3 is 1.79 bits per heavy atom. The average molecular weight is 1010 g/mol. The highest BCUT2D eigenvalue weighted by molar-refractivity contribution is 5.77. The largest absolute Gasteiger partial charge is 0.448 e. The molecule has 406 valence electrons. The van der Waals surface area contributed by atoms with Crippen LogP contribution in [0.4, 0.5) is 11.4 Å². The van der Waals surface area contributed by atoms with Gasteiger partial charge in [-0.1, -0.05) is 24.3 Å². The van der Waals surface area contributed by atoms with Crippen molar-refractivity contribution in [1.82, 2.24) is 56.4 Å². The normalized spacial score (nSPS) is 19.9. The second kappa shape index (κ2) is 36.1. The lowest BCUT2D eigenvalue weighted by molar-refractivity contribution is -0.139. The van der Waals surface area contributed by atoms with Crippen molar-refractivity contribution in [2.45, 2.75) is 96.2 Å². The minimum absolute atomic E-state index is 0.0970. The molecule has 0 aromatic heterocycles. The Kier molecular flexibility index (Phi) is 29.6. The van der Waals surface area contributed by atoms with Crippen LogP contribution in [0.15, 0.2) is 33.9 Å². The molecule has 5 rings (SSSR count). The van der Waals surface area contributed by atoms with E-state index in [0.29, 0.717) is 69.9 Å². The summed E-state index contributed by atoms with van der Waals surface area (Å²) < 4.78 is 5.25. The molecular formula is C53H93N13O6. The highest BCUT2D eigenvalue weighted by atomic mass is 16.6. The Bertz CT molecular complexity index is 1850. The van der Waals surface area contributed by atoms with E-state index in [4.69, 9.17) is 4.74 Å². The van der Waals surface area contributed by atoms with Crippen molar-refractivity contribution in [2.24, 2.45) is 0 Å². The van der Waals surface area contributed by atoms with Gasteiger partial charge < -0.3 is 57.0 Å². The maximum atomic E-state index is 12.7. The van der Waals surface area contributed by atoms with Gasteiger partial charge >= 0.3 is 5.97 Å². The molecule has 0 radical (unpaired) electrons. The van der Waals surface area contributed by atoms with E-state index in [9.17, 15) is 24.0 Å². The molecule has 3 fully saturated rings. The number of carbonyl (C=O) groups excluding carboxylic acids is 3. The highest BCUT2D eigenvalue weighted by Crippen LogP contribution is 2.19. The highest BCUT2D eigenvalue weighted by Gasteiger charge is 2.34. The number of benzene rings is 1. The van der Waals surface area contributed by atoms with Gasteiger partial charge in [-0.05, 0) is 148 Å². The first-order valence-electron chi connectivity index (χ1n) is 27.7. The number of likely N-dealkylation sites (N-methyl/N-ethyl adjacent to an activating group) is 1. The molecule has 3 aliphatic heterocycles. The molecule has 3 aliphatic rings. The van der Waals surface area contributed by atoms with Crippen LogP contribution < -0.4 is 53.4 Å². The molecule has 2 aromatic rings. The zero-order valence-electron chi connectivity index (χ0n) is 44.0. The number of nitrogens with one attached hydrogen (secondary N) is 8. The van der Waals surface area contributed by atoms with Crippen molar-refractivity contribution in [3.8, 4) is 0 Å². The van der Waals surface area contributed by atoms with E-state index in [1.165, 1.54) is 11.1 Å². The molecule has 0 aliphatic carbocycles. The van der Waals surface area contributed by atoms with Crippen LogP contribution in [0.25, 0.3) is 0 Å². The molecule has 1 unspecified atom stereocenters. The molecule has 2 aromatic carbocycles. The molecular weight excluding hydrogens is 915 g/mol. The minimum atomic E-state index is -0.523. The summed E-state index contributed by atoms with van der Waals surface area (Å²) in [5.74, 6) is -0.164. The third kappa shape index (κ3) is 23.5. The van der Waals surface area contributed by atoms with Crippen molar-refractivity contribution in [2.75, 3.05) is 175 Å². The molecule has 72 heavy (non-hydrogen) atoms. The van der Waals surface area contributed by atoms with Crippen molar-refractivity contribution >= 4 is 29.5 Å². The quantitative estimate of drug-likeness (QED) is 0.0284. The average Bonchev–Trinajstić information content (AvgIpc) is 3.74. The number of rotatable bonds is 26. The van der Waals surface area contributed by atoms with Gasteiger partial charge in [0.25, 0.3) is 10.9 Å². The summed E-state index contributed by atoms with van der Waals surface area (Å²) in [5.41, 5.74) is 2.36. The van der Waals surface area contributed by atoms with Crippen LogP contribution in [0.2, 0.25) is 0 Å². The standard InChI is InChI=1S/C53H93N13O6/c1-62(40-41-67)38-39-66-44-72-53(71)47(66)12-7-25-61-50-49(51(69)52(50)70)60-24-5-2-4-23-59-48(68)13-3-6-31-63-33-11-34-65(37-30-58-21-9-20-56-28-35-63)43-46-16-14-45(15-17-46)42-64-32-10-22-55-27-26-54-18-8-19-57-29-36-64/h14-17,41,47,54-58,60-61H,2-13,18-40,42-44H2,1H3,(H,59,68). The first-order chi connectivity index (χ1) is 35.3. The first-order valence-corrected chi connectivity index (χ1v) is 27.7. The number of nitrogens with zero attached hydrogens (tertiary/aromatic N) is 5. The number of hydrogen-bond acceptors (Lipinski definition) is 18. The third-order valence-corrected chi connectivity index (χ3v) is 14.0. The summed E-state index contributed by atoms with van der Waals surface area (Å²) in [6.45, 7) is 23.0. The molecule has 3 saturated heterocycles. The predicted octanol–water partition coefficient (Wildman–Crippen LogP) is 0.801. The van der Waals surface area contributed by atoms with Gasteiger partial charge in [0, 0.05) is 105 Å². The van der Waals surface area contributed by atoms with Crippen LogP contribution >= 0.6 is 0 Å². The maximum absolute atomic E-state index is 12.7. The molecule has 8 N–H and O–H groups in total. The van der Waals surface area contributed by atoms with E-state index in [1.54, 1.807) is 0 Å². The number of aldehydes is 1. The molecule has 19 nitrogen and oxygen atoms in total. The molecule has 1 atom stereocenters. The molecule has 19 heteroatoms. The Labute approximate surface area is 430 Å². The van der Waals surface area contributed by atoms with Crippen molar-refractivity contribution in [3.63, 3.8) is 0 Å². The van der Waals surface area contributed by atoms with Gasteiger partial charge in [0.1, 0.15) is 30.4 Å². The van der Waals surface area contributed by atoms with Crippen LogP contribution in [0.3, 0.4) is 0 Å². The Morgan fingerprint density at radius 1 is 0.625 bits per heavy atom. The Morgan fingerprint density at radius 2 is 1.17 bits per heavy atom. The number of cyclic esters (lactones) is 1. The molecule has 3 heterocycles. The third-order valence-electron chi connectivity index (χ3n) is 14.0. The number of amides is 1. The summed E-state index contributed by atoms with van der Waals surface area (Å²) >= 11 is 0. The molecule has 0 bridgehead atoms. The van der Waals surface area contributed by atoms with E-state index in [1.807, 2.05) is 16.8 Å². The number of hydrogen-bond donors (Lipinski definition) is 8.